The van der Waals surface area contributed by atoms with Crippen molar-refractivity contribution in [2.24, 2.45) is 22.7 Å². The predicted octanol–water partition coefficient (Wildman–Crippen LogP) is 2.19. The number of hydrogen-bond acceptors (Lipinski definition) is 3. The molecule has 0 aromatic heterocycles. The van der Waals surface area contributed by atoms with Crippen LogP contribution in [0.3, 0.4) is 0 Å². The van der Waals surface area contributed by atoms with Gasteiger partial charge in [0.1, 0.15) is 5.84 Å². The molecule has 110 valence electrons. The molecule has 1 saturated carbocycles. The first-order valence-corrected chi connectivity index (χ1v) is 7.27. The van der Waals surface area contributed by atoms with Crippen molar-refractivity contribution in [1.29, 1.82) is 0 Å². The van der Waals surface area contributed by atoms with Crippen molar-refractivity contribution in [2.75, 3.05) is 13.1 Å². The summed E-state index contributed by atoms with van der Waals surface area (Å²) in [6, 6.07) is 0. The van der Waals surface area contributed by atoms with Crippen molar-refractivity contribution in [3.8, 4) is 0 Å². The molecule has 0 spiro atoms. The van der Waals surface area contributed by atoms with E-state index in [1.54, 1.807) is 0 Å². The van der Waals surface area contributed by atoms with Gasteiger partial charge in [-0.1, -0.05) is 31.8 Å². The lowest BCUT2D eigenvalue weighted by Crippen LogP contribution is -2.37. The summed E-state index contributed by atoms with van der Waals surface area (Å²) in [5.74, 6) is 1.39. The molecule has 0 saturated heterocycles. The maximum Gasteiger partial charge on any atom is 0.222 e. The van der Waals surface area contributed by atoms with Gasteiger partial charge in [-0.3, -0.25) is 4.79 Å². The van der Waals surface area contributed by atoms with Crippen molar-refractivity contribution in [2.45, 2.75) is 52.4 Å². The van der Waals surface area contributed by atoms with E-state index in [0.717, 1.165) is 6.54 Å². The van der Waals surface area contributed by atoms with Crippen LogP contribution in [0.2, 0.25) is 0 Å². The molecular formula is C14H27N3O2. The lowest BCUT2D eigenvalue weighted by molar-refractivity contribution is -0.132. The zero-order valence-corrected chi connectivity index (χ0v) is 12.1. The minimum absolute atomic E-state index is 0.183. The molecule has 0 aromatic rings. The Morgan fingerprint density at radius 2 is 2.05 bits per heavy atom. The Balaban J connectivity index is 2.48. The van der Waals surface area contributed by atoms with Crippen molar-refractivity contribution < 1.29 is 10.0 Å². The molecule has 0 heterocycles. The van der Waals surface area contributed by atoms with Crippen molar-refractivity contribution in [1.82, 2.24) is 4.90 Å². The summed E-state index contributed by atoms with van der Waals surface area (Å²) in [7, 11) is 0. The molecule has 0 aliphatic heterocycles. The van der Waals surface area contributed by atoms with Gasteiger partial charge in [0.05, 0.1) is 0 Å². The zero-order valence-electron chi connectivity index (χ0n) is 12.1. The molecule has 5 nitrogen and oxygen atoms in total. The third-order valence-corrected chi connectivity index (χ3v) is 3.64. The van der Waals surface area contributed by atoms with Crippen LogP contribution in [-0.4, -0.2) is 34.9 Å². The van der Waals surface area contributed by atoms with Gasteiger partial charge in [0.25, 0.3) is 0 Å². The molecule has 19 heavy (non-hydrogen) atoms. The van der Waals surface area contributed by atoms with Crippen molar-refractivity contribution in [3.05, 3.63) is 0 Å². The Kier molecular flexibility index (Phi) is 6.67. The second-order valence-corrected chi connectivity index (χ2v) is 5.93. The fraction of sp³-hybridized carbons (Fsp3) is 0.857. The maximum absolute atomic E-state index is 12.3. The Labute approximate surface area is 115 Å². The normalized spacial score (nSPS) is 17.1. The molecule has 1 amide bonds. The highest BCUT2D eigenvalue weighted by Crippen LogP contribution is 2.28. The van der Waals surface area contributed by atoms with Gasteiger partial charge in [0.2, 0.25) is 5.91 Å². The molecule has 5 heteroatoms. The van der Waals surface area contributed by atoms with Crippen LogP contribution in [0.5, 0.6) is 0 Å². The van der Waals surface area contributed by atoms with Crippen LogP contribution in [0.15, 0.2) is 5.16 Å². The third kappa shape index (κ3) is 5.94. The first-order valence-electron chi connectivity index (χ1n) is 7.27. The van der Waals surface area contributed by atoms with Crippen molar-refractivity contribution >= 4 is 11.7 Å². The van der Waals surface area contributed by atoms with Gasteiger partial charge in [-0.15, -0.1) is 0 Å². The average Bonchev–Trinajstić information content (AvgIpc) is 2.86. The summed E-state index contributed by atoms with van der Waals surface area (Å²) in [5, 5.41) is 11.5. The number of rotatable bonds is 7. The van der Waals surface area contributed by atoms with Gasteiger partial charge in [-0.05, 0) is 24.7 Å². The van der Waals surface area contributed by atoms with E-state index in [4.69, 9.17) is 10.9 Å². The summed E-state index contributed by atoms with van der Waals surface area (Å²) < 4.78 is 0. The molecule has 1 rings (SSSR count). The second-order valence-electron chi connectivity index (χ2n) is 5.93. The fourth-order valence-corrected chi connectivity index (χ4v) is 2.65. The summed E-state index contributed by atoms with van der Waals surface area (Å²) >= 11 is 0. The highest BCUT2D eigenvalue weighted by Gasteiger charge is 2.22. The van der Waals surface area contributed by atoms with E-state index in [1.807, 2.05) is 4.90 Å². The molecule has 0 atom stereocenters. The van der Waals surface area contributed by atoms with Gasteiger partial charge in [-0.2, -0.15) is 0 Å². The highest BCUT2D eigenvalue weighted by atomic mass is 16.4. The number of hydrogen-bond donors (Lipinski definition) is 2. The van der Waals surface area contributed by atoms with Crippen LogP contribution in [-0.2, 0) is 4.79 Å². The summed E-state index contributed by atoms with van der Waals surface area (Å²) in [5.41, 5.74) is 5.48. The number of oxime groups is 1. The van der Waals surface area contributed by atoms with E-state index in [2.05, 4.69) is 19.0 Å². The smallest absolute Gasteiger partial charge is 0.222 e. The number of carbonyl (C=O) groups excluding carboxylic acids is 1. The van der Waals surface area contributed by atoms with Crippen LogP contribution in [0.25, 0.3) is 0 Å². The maximum atomic E-state index is 12.3. The van der Waals surface area contributed by atoms with E-state index >= 15 is 0 Å². The first kappa shape index (κ1) is 15.8. The monoisotopic (exact) mass is 269 g/mol. The Morgan fingerprint density at radius 1 is 1.42 bits per heavy atom. The fourth-order valence-electron chi connectivity index (χ4n) is 2.65. The molecule has 3 N–H and O–H groups in total. The van der Waals surface area contributed by atoms with Crippen molar-refractivity contribution in [3.63, 3.8) is 0 Å². The van der Waals surface area contributed by atoms with E-state index in [-0.39, 0.29) is 11.7 Å². The van der Waals surface area contributed by atoms with Gasteiger partial charge in [0, 0.05) is 25.9 Å². The van der Waals surface area contributed by atoms with Crippen LogP contribution in [0, 0.1) is 11.8 Å². The number of nitrogens with two attached hydrogens (primary N) is 1. The standard InChI is InChI=1S/C14H27N3O2/c1-11(2)10-17(8-7-13(15)16-19)14(18)9-12-5-3-4-6-12/h11-12,19H,3-10H2,1-2H3,(H2,15,16). The van der Waals surface area contributed by atoms with E-state index in [9.17, 15) is 4.79 Å². The number of amides is 1. The van der Waals surface area contributed by atoms with Gasteiger partial charge >= 0.3 is 0 Å². The van der Waals surface area contributed by atoms with E-state index < -0.39 is 0 Å². The van der Waals surface area contributed by atoms with Gasteiger partial charge < -0.3 is 15.8 Å². The number of carbonyl (C=O) groups is 1. The van der Waals surface area contributed by atoms with Crippen LogP contribution < -0.4 is 5.73 Å². The predicted molar refractivity (Wildman–Crippen MR) is 76.0 cm³/mol. The Hall–Kier alpha value is -1.26. The summed E-state index contributed by atoms with van der Waals surface area (Å²) in [6.45, 7) is 5.47. The minimum atomic E-state index is 0.183. The van der Waals surface area contributed by atoms with Crippen LogP contribution >= 0.6 is 0 Å². The summed E-state index contributed by atoms with van der Waals surface area (Å²) in [4.78, 5) is 14.2. The average molecular weight is 269 g/mol. The van der Waals surface area contributed by atoms with Crippen LogP contribution in [0.4, 0.5) is 0 Å². The Morgan fingerprint density at radius 3 is 2.58 bits per heavy atom. The minimum Gasteiger partial charge on any atom is -0.409 e. The first-order chi connectivity index (χ1) is 9.02. The lowest BCUT2D eigenvalue weighted by Gasteiger charge is -2.25. The van der Waals surface area contributed by atoms with E-state index in [0.29, 0.717) is 31.2 Å². The van der Waals surface area contributed by atoms with Gasteiger partial charge in [-0.25, -0.2) is 0 Å². The second kappa shape index (κ2) is 8.02. The largest absolute Gasteiger partial charge is 0.409 e. The number of amidine groups is 1. The molecule has 0 unspecified atom stereocenters. The molecule has 1 fully saturated rings. The highest BCUT2D eigenvalue weighted by molar-refractivity contribution is 5.81. The van der Waals surface area contributed by atoms with E-state index in [1.165, 1.54) is 25.7 Å². The molecule has 1 aliphatic rings. The molecular weight excluding hydrogens is 242 g/mol. The van der Waals surface area contributed by atoms with Crippen LogP contribution in [0.1, 0.15) is 52.4 Å². The quantitative estimate of drug-likeness (QED) is 0.322. The molecule has 0 aromatic carbocycles. The molecule has 1 aliphatic carbocycles. The molecule has 0 bridgehead atoms. The Bertz CT molecular complexity index is 310. The molecule has 0 radical (unpaired) electrons. The topological polar surface area (TPSA) is 78.9 Å². The third-order valence-electron chi connectivity index (χ3n) is 3.64. The SMILES string of the molecule is CC(C)CN(CCC(N)=NO)C(=O)CC1CCCC1. The zero-order chi connectivity index (χ0) is 14.3. The summed E-state index contributed by atoms with van der Waals surface area (Å²) in [6.07, 6.45) is 5.96. The number of nitrogens with zero attached hydrogens (tertiary/aromatic N) is 2. The van der Waals surface area contributed by atoms with Gasteiger partial charge in [0.15, 0.2) is 0 Å². The lowest BCUT2D eigenvalue weighted by atomic mass is 10.0.